The van der Waals surface area contributed by atoms with E-state index in [-0.39, 0.29) is 11.4 Å². The second kappa shape index (κ2) is 7.76. The Morgan fingerprint density at radius 3 is 2.53 bits per heavy atom. The zero-order valence-corrected chi connectivity index (χ0v) is 18.8. The molecule has 0 spiro atoms. The number of nitrogens with one attached hydrogen (secondary N) is 1. The molecule has 5 rings (SSSR count). The largest absolute Gasteiger partial charge is 0.318 e. The highest BCUT2D eigenvalue weighted by Crippen LogP contribution is 2.31. The Labute approximate surface area is 190 Å². The van der Waals surface area contributed by atoms with Gasteiger partial charge in [-0.2, -0.15) is 15.1 Å². The molecule has 0 radical (unpaired) electrons. The number of amidine groups is 2. The maximum absolute atomic E-state index is 12.8. The molecule has 0 fully saturated rings. The van der Waals surface area contributed by atoms with Crippen LogP contribution in [0.4, 0.5) is 0 Å². The van der Waals surface area contributed by atoms with E-state index in [1.165, 1.54) is 22.3 Å². The molecule has 2 aliphatic rings. The van der Waals surface area contributed by atoms with E-state index in [0.29, 0.717) is 5.17 Å². The van der Waals surface area contributed by atoms with Gasteiger partial charge in [-0.15, -0.1) is 0 Å². The highest BCUT2D eigenvalue weighted by Gasteiger charge is 2.36. The molecule has 0 bridgehead atoms. The third-order valence-corrected chi connectivity index (χ3v) is 6.46. The van der Waals surface area contributed by atoms with Crippen molar-refractivity contribution >= 4 is 39.8 Å². The minimum atomic E-state index is -0.418. The summed E-state index contributed by atoms with van der Waals surface area (Å²) >= 11 is 1.30. The van der Waals surface area contributed by atoms with Crippen LogP contribution in [0.5, 0.6) is 0 Å². The first-order valence-corrected chi connectivity index (χ1v) is 11.1. The van der Waals surface area contributed by atoms with Crippen molar-refractivity contribution in [3.05, 3.63) is 94.3 Å². The van der Waals surface area contributed by atoms with Gasteiger partial charge in [0.25, 0.3) is 5.91 Å². The van der Waals surface area contributed by atoms with Crippen LogP contribution in [-0.4, -0.2) is 31.5 Å². The van der Waals surface area contributed by atoms with Crippen LogP contribution in [0, 0.1) is 26.2 Å². The van der Waals surface area contributed by atoms with Gasteiger partial charge in [0.15, 0.2) is 5.84 Å². The van der Waals surface area contributed by atoms with E-state index in [1.54, 1.807) is 6.08 Å². The summed E-state index contributed by atoms with van der Waals surface area (Å²) in [5.41, 5.74) is 6.36. The van der Waals surface area contributed by atoms with Crippen molar-refractivity contribution in [2.75, 3.05) is 0 Å². The average Bonchev–Trinajstić information content (AvgIpc) is 3.32. The Bertz CT molecular complexity index is 1360. The van der Waals surface area contributed by atoms with E-state index in [0.717, 1.165) is 33.2 Å². The van der Waals surface area contributed by atoms with E-state index >= 15 is 0 Å². The third-order valence-electron chi connectivity index (χ3n) is 5.51. The number of hydrogen-bond acceptors (Lipinski definition) is 4. The molecule has 2 aromatic carbocycles. The molecule has 6 nitrogen and oxygen atoms in total. The van der Waals surface area contributed by atoms with E-state index in [2.05, 4.69) is 39.8 Å². The zero-order valence-electron chi connectivity index (χ0n) is 18.0. The first-order valence-electron chi connectivity index (χ1n) is 10.2. The SMILES string of the molecule is Cc1cccc(-n2c(C)cc(C=C3C(=N)N4N=C(c5ccccc5)SC4=NC3=O)c2C)c1. The molecule has 1 aromatic heterocycles. The predicted octanol–water partition coefficient (Wildman–Crippen LogP) is 5.07. The Kier molecular flexibility index (Phi) is 4.90. The molecule has 0 saturated carbocycles. The van der Waals surface area contributed by atoms with Gasteiger partial charge in [0, 0.05) is 22.6 Å². The zero-order chi connectivity index (χ0) is 22.4. The van der Waals surface area contributed by atoms with E-state index < -0.39 is 5.91 Å². The lowest BCUT2D eigenvalue weighted by Gasteiger charge is -2.20. The summed E-state index contributed by atoms with van der Waals surface area (Å²) in [6.07, 6.45) is 1.75. The molecule has 0 unspecified atom stereocenters. The van der Waals surface area contributed by atoms with Crippen LogP contribution in [0.2, 0.25) is 0 Å². The number of hydrazone groups is 1. The summed E-state index contributed by atoms with van der Waals surface area (Å²) in [6, 6.07) is 20.0. The first-order chi connectivity index (χ1) is 15.4. The number of benzene rings is 2. The molecule has 1 N–H and O–H groups in total. The van der Waals surface area contributed by atoms with E-state index in [4.69, 9.17) is 5.41 Å². The smallest absolute Gasteiger partial charge is 0.283 e. The van der Waals surface area contributed by atoms with Gasteiger partial charge in [0.05, 0.1) is 5.57 Å². The summed E-state index contributed by atoms with van der Waals surface area (Å²) in [5.74, 6) is -0.377. The van der Waals surface area contributed by atoms with Crippen LogP contribution < -0.4 is 0 Å². The fraction of sp³-hybridized carbons (Fsp3) is 0.120. The maximum atomic E-state index is 12.8. The van der Waals surface area contributed by atoms with Gasteiger partial charge in [0.1, 0.15) is 5.04 Å². The Balaban J connectivity index is 1.52. The monoisotopic (exact) mass is 439 g/mol. The summed E-state index contributed by atoms with van der Waals surface area (Å²) in [4.78, 5) is 17.0. The van der Waals surface area contributed by atoms with Crippen molar-refractivity contribution in [2.24, 2.45) is 10.1 Å². The molecule has 0 aliphatic carbocycles. The van der Waals surface area contributed by atoms with Gasteiger partial charge >= 0.3 is 0 Å². The number of amides is 1. The number of nitrogens with zero attached hydrogens (tertiary/aromatic N) is 4. The molecule has 1 amide bonds. The van der Waals surface area contributed by atoms with Crippen molar-refractivity contribution in [1.29, 1.82) is 5.41 Å². The van der Waals surface area contributed by atoms with Crippen molar-refractivity contribution in [3.8, 4) is 5.69 Å². The second-order valence-electron chi connectivity index (χ2n) is 7.79. The lowest BCUT2D eigenvalue weighted by molar-refractivity contribution is -0.114. The topological polar surface area (TPSA) is 73.8 Å². The highest BCUT2D eigenvalue weighted by atomic mass is 32.2. The van der Waals surface area contributed by atoms with Crippen LogP contribution in [0.25, 0.3) is 11.8 Å². The second-order valence-corrected chi connectivity index (χ2v) is 8.75. The number of carbonyl (C=O) groups is 1. The quantitative estimate of drug-likeness (QED) is 0.579. The number of hydrogen-bond donors (Lipinski definition) is 1. The van der Waals surface area contributed by atoms with Crippen LogP contribution in [0.1, 0.15) is 28.1 Å². The molecular formula is C25H21N5OS. The summed E-state index contributed by atoms with van der Waals surface area (Å²) in [6.45, 7) is 6.12. The molecule has 7 heteroatoms. The Hall–Kier alpha value is -3.71. The fourth-order valence-corrected chi connectivity index (χ4v) is 4.84. The van der Waals surface area contributed by atoms with Gasteiger partial charge in [-0.3, -0.25) is 10.2 Å². The molecule has 3 aromatic rings. The number of rotatable bonds is 3. The van der Waals surface area contributed by atoms with Gasteiger partial charge in [-0.1, -0.05) is 42.5 Å². The molecule has 3 heterocycles. The lowest BCUT2D eigenvalue weighted by Crippen LogP contribution is -2.35. The minimum absolute atomic E-state index is 0.0405. The van der Waals surface area contributed by atoms with Gasteiger partial charge in [0.2, 0.25) is 5.17 Å². The fourth-order valence-electron chi connectivity index (χ4n) is 3.94. The summed E-state index contributed by atoms with van der Waals surface area (Å²) < 4.78 is 2.16. The number of fused-ring (bicyclic) bond motifs is 1. The number of carbonyl (C=O) groups excluding carboxylic acids is 1. The van der Waals surface area contributed by atoms with Crippen molar-refractivity contribution in [3.63, 3.8) is 0 Å². The summed E-state index contributed by atoms with van der Waals surface area (Å²) in [5, 5.41) is 15.8. The molecule has 158 valence electrons. The average molecular weight is 440 g/mol. The van der Waals surface area contributed by atoms with Crippen molar-refractivity contribution in [1.82, 2.24) is 9.58 Å². The van der Waals surface area contributed by atoms with Gasteiger partial charge in [-0.05, 0) is 67.9 Å². The molecule has 0 atom stereocenters. The Morgan fingerprint density at radius 1 is 1.00 bits per heavy atom. The Morgan fingerprint density at radius 2 is 1.78 bits per heavy atom. The number of aryl methyl sites for hydroxylation is 2. The van der Waals surface area contributed by atoms with Crippen LogP contribution in [0.3, 0.4) is 0 Å². The molecule has 2 aliphatic heterocycles. The van der Waals surface area contributed by atoms with E-state index in [1.807, 2.05) is 56.3 Å². The van der Waals surface area contributed by atoms with Crippen LogP contribution in [0.15, 0.2) is 76.3 Å². The number of aromatic nitrogens is 1. The standard InChI is InChI=1S/C25H21N5OS/c1-15-8-7-11-20(12-15)29-16(2)13-19(17(29)3)14-21-22(26)30-25(27-23(21)31)32-24(28-30)18-9-5-4-6-10-18/h4-14,26H,1-3H3. The van der Waals surface area contributed by atoms with Crippen LogP contribution in [-0.2, 0) is 4.79 Å². The third kappa shape index (κ3) is 3.40. The van der Waals surface area contributed by atoms with Crippen molar-refractivity contribution < 1.29 is 4.79 Å². The normalized spacial score (nSPS) is 17.0. The summed E-state index contributed by atoms with van der Waals surface area (Å²) in [7, 11) is 0. The number of aliphatic imine (C=N–C) groups is 1. The van der Waals surface area contributed by atoms with Crippen LogP contribution >= 0.6 is 11.8 Å². The first kappa shape index (κ1) is 20.2. The minimum Gasteiger partial charge on any atom is -0.318 e. The highest BCUT2D eigenvalue weighted by molar-refractivity contribution is 8.27. The maximum Gasteiger partial charge on any atom is 0.283 e. The molecular weight excluding hydrogens is 418 g/mol. The van der Waals surface area contributed by atoms with Crippen molar-refractivity contribution in [2.45, 2.75) is 20.8 Å². The molecule has 0 saturated heterocycles. The molecule has 32 heavy (non-hydrogen) atoms. The lowest BCUT2D eigenvalue weighted by atomic mass is 10.1. The van der Waals surface area contributed by atoms with Gasteiger partial charge in [-0.25, -0.2) is 0 Å². The van der Waals surface area contributed by atoms with Gasteiger partial charge < -0.3 is 4.57 Å². The number of thioether (sulfide) groups is 1. The van der Waals surface area contributed by atoms with E-state index in [9.17, 15) is 4.79 Å². The predicted molar refractivity (Wildman–Crippen MR) is 131 cm³/mol.